The fourth-order valence-corrected chi connectivity index (χ4v) is 4.54. The normalized spacial score (nSPS) is 16.4. The molecule has 10 nitrogen and oxygen atoms in total. The predicted molar refractivity (Wildman–Crippen MR) is 99.5 cm³/mol. The van der Waals surface area contributed by atoms with Gasteiger partial charge in [-0.25, -0.2) is 18.1 Å². The van der Waals surface area contributed by atoms with E-state index in [1.807, 2.05) is 0 Å². The standard InChI is InChI=1S/C17H21N7O3S/c1-13-19-17(12-22(13)2)28(25,26)23-10-6-14(7-11-23)27-16-5-4-15(20-21-16)24-9-3-8-18-24/h3-5,8-9,12,14H,6-7,10-11H2,1-2H3. The number of nitrogens with zero attached hydrogens (tertiary/aromatic N) is 7. The molecule has 148 valence electrons. The minimum absolute atomic E-state index is 0.0898. The molecule has 0 aromatic carbocycles. The van der Waals surface area contributed by atoms with Crippen LogP contribution in [0.5, 0.6) is 5.88 Å². The lowest BCUT2D eigenvalue weighted by Gasteiger charge is -2.30. The second-order valence-corrected chi connectivity index (χ2v) is 8.52. The highest BCUT2D eigenvalue weighted by molar-refractivity contribution is 7.89. The first-order valence-corrected chi connectivity index (χ1v) is 10.4. The number of sulfonamides is 1. The van der Waals surface area contributed by atoms with E-state index in [1.165, 1.54) is 4.31 Å². The zero-order valence-electron chi connectivity index (χ0n) is 15.6. The number of hydrogen-bond donors (Lipinski definition) is 0. The average molecular weight is 403 g/mol. The summed E-state index contributed by atoms with van der Waals surface area (Å²) in [5.74, 6) is 1.68. The van der Waals surface area contributed by atoms with Gasteiger partial charge < -0.3 is 9.30 Å². The Bertz CT molecular complexity index is 1020. The van der Waals surface area contributed by atoms with Crippen molar-refractivity contribution in [2.75, 3.05) is 13.1 Å². The third kappa shape index (κ3) is 3.62. The summed E-state index contributed by atoms with van der Waals surface area (Å²) < 4.78 is 36.1. The maximum absolute atomic E-state index is 12.7. The number of hydrogen-bond acceptors (Lipinski definition) is 7. The maximum atomic E-state index is 12.7. The van der Waals surface area contributed by atoms with Crippen molar-refractivity contribution in [1.82, 2.24) is 33.8 Å². The molecule has 0 atom stereocenters. The summed E-state index contributed by atoms with van der Waals surface area (Å²) >= 11 is 0. The first kappa shape index (κ1) is 18.6. The molecule has 11 heteroatoms. The Balaban J connectivity index is 1.36. The summed E-state index contributed by atoms with van der Waals surface area (Å²) in [5, 5.41) is 12.4. The van der Waals surface area contributed by atoms with E-state index in [0.29, 0.717) is 43.5 Å². The van der Waals surface area contributed by atoms with Crippen LogP contribution in [0, 0.1) is 6.92 Å². The molecular weight excluding hydrogens is 382 g/mol. The van der Waals surface area contributed by atoms with E-state index in [1.54, 1.807) is 60.0 Å². The van der Waals surface area contributed by atoms with Crippen molar-refractivity contribution in [2.24, 2.45) is 7.05 Å². The number of ether oxygens (including phenoxy) is 1. The number of aromatic nitrogens is 6. The van der Waals surface area contributed by atoms with Crippen LogP contribution >= 0.6 is 0 Å². The molecule has 1 saturated heterocycles. The third-order valence-electron chi connectivity index (χ3n) is 4.74. The lowest BCUT2D eigenvalue weighted by Crippen LogP contribution is -2.41. The van der Waals surface area contributed by atoms with Crippen LogP contribution in [0.1, 0.15) is 18.7 Å². The van der Waals surface area contributed by atoms with Gasteiger partial charge in [0.15, 0.2) is 10.8 Å². The Morgan fingerprint density at radius 1 is 1.18 bits per heavy atom. The summed E-state index contributed by atoms with van der Waals surface area (Å²) in [5.41, 5.74) is 0. The Hall–Kier alpha value is -2.79. The zero-order valence-corrected chi connectivity index (χ0v) is 16.4. The minimum atomic E-state index is -3.58. The second kappa shape index (κ2) is 7.32. The van der Waals surface area contributed by atoms with Crippen molar-refractivity contribution in [2.45, 2.75) is 30.9 Å². The van der Waals surface area contributed by atoms with E-state index in [2.05, 4.69) is 20.3 Å². The Kier molecular flexibility index (Phi) is 4.85. The van der Waals surface area contributed by atoms with Gasteiger partial charge in [0.05, 0.1) is 0 Å². The van der Waals surface area contributed by atoms with E-state index < -0.39 is 10.0 Å². The van der Waals surface area contributed by atoms with Gasteiger partial charge in [-0.2, -0.15) is 9.40 Å². The first-order chi connectivity index (χ1) is 13.4. The van der Waals surface area contributed by atoms with Gasteiger partial charge in [-0.05, 0) is 31.9 Å². The highest BCUT2D eigenvalue weighted by Crippen LogP contribution is 2.22. The monoisotopic (exact) mass is 403 g/mol. The van der Waals surface area contributed by atoms with E-state index in [9.17, 15) is 8.42 Å². The summed E-state index contributed by atoms with van der Waals surface area (Å²) in [7, 11) is -1.80. The molecule has 1 aliphatic rings. The fraction of sp³-hybridized carbons (Fsp3) is 0.412. The maximum Gasteiger partial charge on any atom is 0.262 e. The van der Waals surface area contributed by atoms with Crippen molar-refractivity contribution in [1.29, 1.82) is 0 Å². The van der Waals surface area contributed by atoms with Crippen LogP contribution in [0.3, 0.4) is 0 Å². The number of rotatable bonds is 5. The molecule has 4 rings (SSSR count). The van der Waals surface area contributed by atoms with Gasteiger partial charge in [0.1, 0.15) is 11.9 Å². The van der Waals surface area contributed by atoms with Crippen LogP contribution in [0.25, 0.3) is 5.82 Å². The summed E-state index contributed by atoms with van der Waals surface area (Å²) in [6, 6.07) is 5.32. The average Bonchev–Trinajstić information content (AvgIpc) is 3.34. The van der Waals surface area contributed by atoms with E-state index in [4.69, 9.17) is 4.74 Å². The second-order valence-electron chi connectivity index (χ2n) is 6.64. The van der Waals surface area contributed by atoms with Crippen LogP contribution in [0.2, 0.25) is 0 Å². The van der Waals surface area contributed by atoms with Gasteiger partial charge in [-0.1, -0.05) is 0 Å². The highest BCUT2D eigenvalue weighted by Gasteiger charge is 2.32. The van der Waals surface area contributed by atoms with Crippen molar-refractivity contribution in [3.8, 4) is 11.7 Å². The van der Waals surface area contributed by atoms with Crippen molar-refractivity contribution in [3.63, 3.8) is 0 Å². The molecule has 3 aromatic rings. The highest BCUT2D eigenvalue weighted by atomic mass is 32.2. The van der Waals surface area contributed by atoms with Crippen molar-refractivity contribution < 1.29 is 13.2 Å². The SMILES string of the molecule is Cc1nc(S(=O)(=O)N2CCC(Oc3ccc(-n4cccn4)nn3)CC2)cn1C. The molecule has 1 aliphatic heterocycles. The predicted octanol–water partition coefficient (Wildman–Crippen LogP) is 0.936. The number of piperidine rings is 1. The fourth-order valence-electron chi connectivity index (χ4n) is 3.05. The Labute approximate surface area is 162 Å². The molecule has 0 bridgehead atoms. The van der Waals surface area contributed by atoms with Crippen molar-refractivity contribution >= 4 is 10.0 Å². The molecule has 0 saturated carbocycles. The van der Waals surface area contributed by atoms with Crippen LogP contribution in [0.15, 0.2) is 41.8 Å². The molecule has 0 radical (unpaired) electrons. The summed E-state index contributed by atoms with van der Waals surface area (Å²) in [6.07, 6.45) is 6.04. The van der Waals surface area contributed by atoms with Crippen LogP contribution in [0.4, 0.5) is 0 Å². The topological polar surface area (TPSA) is 108 Å². The molecule has 0 amide bonds. The van der Waals surface area contributed by atoms with Crippen molar-refractivity contribution in [3.05, 3.63) is 42.6 Å². The first-order valence-electron chi connectivity index (χ1n) is 8.94. The van der Waals surface area contributed by atoms with E-state index >= 15 is 0 Å². The molecule has 1 fully saturated rings. The molecule has 3 aromatic heterocycles. The molecule has 0 aliphatic carbocycles. The molecular formula is C17H21N7O3S. The summed E-state index contributed by atoms with van der Waals surface area (Å²) in [6.45, 7) is 2.53. The van der Waals surface area contributed by atoms with Crippen LogP contribution in [-0.2, 0) is 17.1 Å². The van der Waals surface area contributed by atoms with Gasteiger partial charge in [0.25, 0.3) is 10.0 Å². The lowest BCUT2D eigenvalue weighted by molar-refractivity contribution is 0.128. The minimum Gasteiger partial charge on any atom is -0.473 e. The Morgan fingerprint density at radius 2 is 1.96 bits per heavy atom. The molecule has 0 spiro atoms. The number of imidazole rings is 1. The smallest absolute Gasteiger partial charge is 0.262 e. The van der Waals surface area contributed by atoms with Crippen LogP contribution in [-0.4, -0.2) is 61.4 Å². The van der Waals surface area contributed by atoms with E-state index in [-0.39, 0.29) is 11.1 Å². The zero-order chi connectivity index (χ0) is 19.7. The number of aryl methyl sites for hydroxylation is 2. The van der Waals surface area contributed by atoms with E-state index in [0.717, 1.165) is 0 Å². The third-order valence-corrected chi connectivity index (χ3v) is 6.51. The Morgan fingerprint density at radius 3 is 2.54 bits per heavy atom. The molecule has 4 heterocycles. The van der Waals surface area contributed by atoms with Gasteiger partial charge in [0.2, 0.25) is 5.88 Å². The van der Waals surface area contributed by atoms with Gasteiger partial charge in [-0.15, -0.1) is 10.2 Å². The lowest BCUT2D eigenvalue weighted by atomic mass is 10.1. The largest absolute Gasteiger partial charge is 0.473 e. The quantitative estimate of drug-likeness (QED) is 0.624. The molecule has 0 N–H and O–H groups in total. The van der Waals surface area contributed by atoms with Gasteiger partial charge in [-0.3, -0.25) is 0 Å². The summed E-state index contributed by atoms with van der Waals surface area (Å²) in [4.78, 5) is 4.15. The molecule has 0 unspecified atom stereocenters. The van der Waals surface area contributed by atoms with Gasteiger partial charge in [0, 0.05) is 44.8 Å². The molecule has 28 heavy (non-hydrogen) atoms. The van der Waals surface area contributed by atoms with Crippen LogP contribution < -0.4 is 4.74 Å². The van der Waals surface area contributed by atoms with Gasteiger partial charge >= 0.3 is 0 Å².